The molecule has 1 aliphatic heterocycles. The highest BCUT2D eigenvalue weighted by atomic mass is 32.1. The summed E-state index contributed by atoms with van der Waals surface area (Å²) >= 11 is 0.946. The Bertz CT molecular complexity index is 712. The fraction of sp³-hybridized carbons (Fsp3) is 0.286. The molecule has 3 rings (SSSR count). The van der Waals surface area contributed by atoms with Crippen LogP contribution in [0.15, 0.2) is 34.4 Å². The Hall–Kier alpha value is -1.99. The number of rotatable bonds is 2. The predicted molar refractivity (Wildman–Crippen MR) is 75.9 cm³/mol. The Morgan fingerprint density at radius 2 is 2.24 bits per heavy atom. The third-order valence-electron chi connectivity index (χ3n) is 3.36. The third-order valence-corrected chi connectivity index (χ3v) is 4.03. The van der Waals surface area contributed by atoms with Gasteiger partial charge >= 0.3 is 4.87 Å². The summed E-state index contributed by atoms with van der Waals surface area (Å²) < 4.78 is 19.4. The molecule has 1 fully saturated rings. The van der Waals surface area contributed by atoms with E-state index in [9.17, 15) is 14.0 Å². The second-order valence-electron chi connectivity index (χ2n) is 4.69. The van der Waals surface area contributed by atoms with Crippen molar-refractivity contribution < 1.29 is 13.9 Å². The Balaban J connectivity index is 1.78. The number of nitrogens with one attached hydrogen (secondary N) is 1. The van der Waals surface area contributed by atoms with Crippen molar-refractivity contribution in [3.8, 4) is 0 Å². The second-order valence-corrected chi connectivity index (χ2v) is 5.54. The van der Waals surface area contributed by atoms with Crippen LogP contribution in [0.2, 0.25) is 0 Å². The lowest BCUT2D eigenvalue weighted by atomic mass is 10.1. The van der Waals surface area contributed by atoms with E-state index in [0.717, 1.165) is 11.3 Å². The molecule has 1 N–H and O–H groups in total. The number of ether oxygens (including phenoxy) is 1. The molecule has 1 aromatic carbocycles. The standard InChI is InChI=1S/C14H13FN2O3S/c15-10-4-2-1-3-9(10)12-7-17(5-6-20-12)13(18)11-8-21-14(19)16-11/h1-4,8,12H,5-7H2,(H,16,19). The van der Waals surface area contributed by atoms with E-state index in [-0.39, 0.29) is 28.8 Å². The normalized spacial score (nSPS) is 18.7. The maximum absolute atomic E-state index is 13.8. The van der Waals surface area contributed by atoms with E-state index in [4.69, 9.17) is 4.74 Å². The van der Waals surface area contributed by atoms with Gasteiger partial charge in [-0.05, 0) is 6.07 Å². The SMILES string of the molecule is O=C(c1csc(=O)[nH]1)N1CCOC(c2ccccc2F)C1. The number of amides is 1. The van der Waals surface area contributed by atoms with Crippen molar-refractivity contribution in [1.82, 2.24) is 9.88 Å². The molecule has 0 spiro atoms. The molecule has 0 radical (unpaired) electrons. The van der Waals surface area contributed by atoms with Crippen LogP contribution in [-0.2, 0) is 4.74 Å². The zero-order chi connectivity index (χ0) is 14.8. The number of thiazole rings is 1. The second kappa shape index (κ2) is 5.79. The van der Waals surface area contributed by atoms with Gasteiger partial charge in [-0.1, -0.05) is 29.5 Å². The Labute approximate surface area is 124 Å². The fourth-order valence-electron chi connectivity index (χ4n) is 2.31. The topological polar surface area (TPSA) is 62.4 Å². The van der Waals surface area contributed by atoms with Crippen molar-refractivity contribution in [2.75, 3.05) is 19.7 Å². The van der Waals surface area contributed by atoms with Crippen LogP contribution in [-0.4, -0.2) is 35.5 Å². The molecule has 0 saturated carbocycles. The summed E-state index contributed by atoms with van der Waals surface area (Å²) in [6.07, 6.45) is -0.491. The van der Waals surface area contributed by atoms with Gasteiger partial charge < -0.3 is 14.6 Å². The molecule has 0 aliphatic carbocycles. The van der Waals surface area contributed by atoms with Crippen molar-refractivity contribution in [2.45, 2.75) is 6.10 Å². The van der Waals surface area contributed by atoms with Gasteiger partial charge in [-0.2, -0.15) is 0 Å². The van der Waals surface area contributed by atoms with E-state index in [2.05, 4.69) is 4.98 Å². The first-order valence-electron chi connectivity index (χ1n) is 6.48. The van der Waals surface area contributed by atoms with E-state index in [1.54, 1.807) is 23.1 Å². The summed E-state index contributed by atoms with van der Waals surface area (Å²) in [5, 5.41) is 1.50. The lowest BCUT2D eigenvalue weighted by Gasteiger charge is -2.33. The molecule has 1 saturated heterocycles. The van der Waals surface area contributed by atoms with Crippen LogP contribution in [0.25, 0.3) is 0 Å². The first kappa shape index (κ1) is 14.0. The zero-order valence-electron chi connectivity index (χ0n) is 11.0. The quantitative estimate of drug-likeness (QED) is 0.920. The number of nitrogens with zero attached hydrogens (tertiary/aromatic N) is 1. The van der Waals surface area contributed by atoms with E-state index >= 15 is 0 Å². The summed E-state index contributed by atoms with van der Waals surface area (Å²) in [6.45, 7) is 1.01. The van der Waals surface area contributed by atoms with Gasteiger partial charge in [0, 0.05) is 17.5 Å². The van der Waals surface area contributed by atoms with Crippen LogP contribution >= 0.6 is 11.3 Å². The van der Waals surface area contributed by atoms with Crippen molar-refractivity contribution in [3.05, 3.63) is 56.4 Å². The lowest BCUT2D eigenvalue weighted by Crippen LogP contribution is -2.42. The summed E-state index contributed by atoms with van der Waals surface area (Å²) in [5.74, 6) is -0.612. The molecule has 110 valence electrons. The molecule has 1 aromatic heterocycles. The van der Waals surface area contributed by atoms with Crippen molar-refractivity contribution in [1.29, 1.82) is 0 Å². The Kier molecular flexibility index (Phi) is 3.85. The van der Waals surface area contributed by atoms with Crippen LogP contribution in [0.1, 0.15) is 22.2 Å². The third kappa shape index (κ3) is 2.88. The van der Waals surface area contributed by atoms with Gasteiger partial charge in [-0.3, -0.25) is 9.59 Å². The molecule has 5 nitrogen and oxygen atoms in total. The van der Waals surface area contributed by atoms with Gasteiger partial charge in [0.1, 0.15) is 17.6 Å². The zero-order valence-corrected chi connectivity index (χ0v) is 11.9. The molecule has 2 heterocycles. The summed E-state index contributed by atoms with van der Waals surface area (Å²) in [7, 11) is 0. The van der Waals surface area contributed by atoms with Gasteiger partial charge in [0.25, 0.3) is 5.91 Å². The van der Waals surface area contributed by atoms with Crippen molar-refractivity contribution >= 4 is 17.2 Å². The Morgan fingerprint density at radius 3 is 2.95 bits per heavy atom. The molecular weight excluding hydrogens is 295 g/mol. The molecule has 21 heavy (non-hydrogen) atoms. The summed E-state index contributed by atoms with van der Waals surface area (Å²) in [4.78, 5) is 27.2. The monoisotopic (exact) mass is 308 g/mol. The number of morpholine rings is 1. The van der Waals surface area contributed by atoms with Crippen molar-refractivity contribution in [2.24, 2.45) is 0 Å². The highest BCUT2D eigenvalue weighted by molar-refractivity contribution is 7.07. The minimum absolute atomic E-state index is 0.262. The minimum atomic E-state index is -0.491. The average molecular weight is 308 g/mol. The number of H-pyrrole nitrogens is 1. The van der Waals surface area contributed by atoms with Crippen LogP contribution in [0, 0.1) is 5.82 Å². The molecule has 1 unspecified atom stereocenters. The number of benzene rings is 1. The molecule has 0 bridgehead atoms. The fourth-order valence-corrected chi connectivity index (χ4v) is 2.87. The Morgan fingerprint density at radius 1 is 1.43 bits per heavy atom. The number of halogens is 1. The average Bonchev–Trinajstić information content (AvgIpc) is 2.94. The number of carbonyl (C=O) groups is 1. The smallest absolute Gasteiger partial charge is 0.305 e. The molecular formula is C14H13FN2O3S. The van der Waals surface area contributed by atoms with Gasteiger partial charge in [-0.25, -0.2) is 4.39 Å². The van der Waals surface area contributed by atoms with Crippen LogP contribution < -0.4 is 4.87 Å². The number of hydrogen-bond donors (Lipinski definition) is 1. The molecule has 1 aliphatic rings. The van der Waals surface area contributed by atoms with Gasteiger partial charge in [0.15, 0.2) is 0 Å². The highest BCUT2D eigenvalue weighted by Crippen LogP contribution is 2.25. The number of aromatic nitrogens is 1. The minimum Gasteiger partial charge on any atom is -0.370 e. The number of aromatic amines is 1. The predicted octanol–water partition coefficient (Wildman–Crippen LogP) is 1.79. The summed E-state index contributed by atoms with van der Waals surface area (Å²) in [5.41, 5.74) is 0.702. The largest absolute Gasteiger partial charge is 0.370 e. The number of carbonyl (C=O) groups excluding carboxylic acids is 1. The molecule has 1 atom stereocenters. The van der Waals surface area contributed by atoms with E-state index in [1.807, 2.05) is 0 Å². The van der Waals surface area contributed by atoms with Crippen LogP contribution in [0.3, 0.4) is 0 Å². The van der Waals surface area contributed by atoms with Crippen LogP contribution in [0.4, 0.5) is 4.39 Å². The van der Waals surface area contributed by atoms with Crippen LogP contribution in [0.5, 0.6) is 0 Å². The molecule has 1 amide bonds. The van der Waals surface area contributed by atoms with E-state index in [0.29, 0.717) is 18.7 Å². The van der Waals surface area contributed by atoms with E-state index in [1.165, 1.54) is 11.4 Å². The first-order valence-corrected chi connectivity index (χ1v) is 7.36. The maximum atomic E-state index is 13.8. The van der Waals surface area contributed by atoms with E-state index < -0.39 is 6.10 Å². The van der Waals surface area contributed by atoms with Gasteiger partial charge in [0.2, 0.25) is 0 Å². The number of hydrogen-bond acceptors (Lipinski definition) is 4. The molecule has 2 aromatic rings. The molecule has 7 heteroatoms. The first-order chi connectivity index (χ1) is 10.1. The van der Waals surface area contributed by atoms with Crippen molar-refractivity contribution in [3.63, 3.8) is 0 Å². The highest BCUT2D eigenvalue weighted by Gasteiger charge is 2.28. The maximum Gasteiger partial charge on any atom is 0.305 e. The lowest BCUT2D eigenvalue weighted by molar-refractivity contribution is -0.0244. The van der Waals surface area contributed by atoms with Gasteiger partial charge in [0.05, 0.1) is 13.2 Å². The summed E-state index contributed by atoms with van der Waals surface area (Å²) in [6, 6.07) is 6.37. The van der Waals surface area contributed by atoms with Gasteiger partial charge in [-0.15, -0.1) is 0 Å².